The quantitative estimate of drug-likeness (QED) is 0.891. The van der Waals surface area contributed by atoms with Gasteiger partial charge in [0.15, 0.2) is 0 Å². The van der Waals surface area contributed by atoms with Crippen LogP contribution in [0.5, 0.6) is 5.75 Å². The molecule has 2 heterocycles. The van der Waals surface area contributed by atoms with Crippen molar-refractivity contribution in [2.24, 2.45) is 0 Å². The van der Waals surface area contributed by atoms with E-state index in [1.54, 1.807) is 17.0 Å². The number of nitrogens with one attached hydrogen (secondary N) is 1. The molecule has 6 nitrogen and oxygen atoms in total. The standard InChI is InChI=1S/C19H20N2O4S/c1-13-2-4-15(5-3-13)21-10-8-17(19(21)22)20-26(23,24)16-6-7-18-14(12-16)9-11-25-18/h2-7,12,17,20H,8-11H2,1H3/t17-/m0/s1. The first-order valence-corrected chi connectivity index (χ1v) is 10.1. The lowest BCUT2D eigenvalue weighted by molar-refractivity contribution is -0.118. The van der Waals surface area contributed by atoms with Crippen LogP contribution in [0.25, 0.3) is 0 Å². The number of hydrogen-bond acceptors (Lipinski definition) is 4. The predicted molar refractivity (Wildman–Crippen MR) is 97.9 cm³/mol. The third kappa shape index (κ3) is 3.08. The van der Waals surface area contributed by atoms with Gasteiger partial charge in [-0.05, 0) is 49.2 Å². The van der Waals surface area contributed by atoms with Gasteiger partial charge in [0.25, 0.3) is 0 Å². The SMILES string of the molecule is Cc1ccc(N2CC[C@H](NS(=O)(=O)c3ccc4c(c3)CCO4)C2=O)cc1. The number of ether oxygens (including phenoxy) is 1. The van der Waals surface area contributed by atoms with Crippen LogP contribution in [0.4, 0.5) is 5.69 Å². The van der Waals surface area contributed by atoms with Crippen LogP contribution in [-0.2, 0) is 21.2 Å². The fraction of sp³-hybridized carbons (Fsp3) is 0.316. The largest absolute Gasteiger partial charge is 0.493 e. The van der Waals surface area contributed by atoms with E-state index in [1.165, 1.54) is 6.07 Å². The van der Waals surface area contributed by atoms with Gasteiger partial charge in [-0.15, -0.1) is 0 Å². The molecule has 2 aliphatic rings. The molecule has 0 unspecified atom stereocenters. The van der Waals surface area contributed by atoms with E-state index < -0.39 is 16.1 Å². The molecular formula is C19H20N2O4S. The zero-order valence-corrected chi connectivity index (χ0v) is 15.3. The Morgan fingerprint density at radius 2 is 1.92 bits per heavy atom. The highest BCUT2D eigenvalue weighted by Crippen LogP contribution is 2.28. The number of sulfonamides is 1. The molecular weight excluding hydrogens is 352 g/mol. The van der Waals surface area contributed by atoms with Gasteiger partial charge in [-0.3, -0.25) is 4.79 Å². The number of nitrogens with zero attached hydrogens (tertiary/aromatic N) is 1. The Balaban J connectivity index is 1.52. The number of carbonyl (C=O) groups is 1. The van der Waals surface area contributed by atoms with Crippen molar-refractivity contribution in [1.29, 1.82) is 0 Å². The summed E-state index contributed by atoms with van der Waals surface area (Å²) in [6.07, 6.45) is 1.14. The molecule has 1 fully saturated rings. The number of carbonyl (C=O) groups excluding carboxylic acids is 1. The van der Waals surface area contributed by atoms with E-state index in [-0.39, 0.29) is 10.8 Å². The van der Waals surface area contributed by atoms with Crippen LogP contribution in [0.2, 0.25) is 0 Å². The second-order valence-electron chi connectivity index (χ2n) is 6.66. The fourth-order valence-corrected chi connectivity index (χ4v) is 4.63. The molecule has 1 amide bonds. The number of fused-ring (bicyclic) bond motifs is 1. The molecule has 0 aromatic heterocycles. The molecule has 4 rings (SSSR count). The van der Waals surface area contributed by atoms with E-state index in [2.05, 4.69) is 4.72 Å². The highest BCUT2D eigenvalue weighted by molar-refractivity contribution is 7.89. The zero-order valence-electron chi connectivity index (χ0n) is 14.4. The molecule has 0 bridgehead atoms. The molecule has 2 aromatic carbocycles. The molecule has 0 aliphatic carbocycles. The molecule has 1 atom stereocenters. The normalized spacial score (nSPS) is 19.5. The second-order valence-corrected chi connectivity index (χ2v) is 8.37. The van der Waals surface area contributed by atoms with Gasteiger partial charge in [0.1, 0.15) is 11.8 Å². The third-order valence-electron chi connectivity index (χ3n) is 4.82. The predicted octanol–water partition coefficient (Wildman–Crippen LogP) is 2.01. The minimum Gasteiger partial charge on any atom is -0.493 e. The highest BCUT2D eigenvalue weighted by Gasteiger charge is 2.35. The van der Waals surface area contributed by atoms with Crippen molar-refractivity contribution in [2.75, 3.05) is 18.1 Å². The summed E-state index contributed by atoms with van der Waals surface area (Å²) < 4.78 is 33.4. The van der Waals surface area contributed by atoms with Crippen LogP contribution in [0, 0.1) is 6.92 Å². The minimum absolute atomic E-state index is 0.170. The van der Waals surface area contributed by atoms with Crippen molar-refractivity contribution >= 4 is 21.6 Å². The van der Waals surface area contributed by atoms with Crippen LogP contribution in [0.15, 0.2) is 47.4 Å². The lowest BCUT2D eigenvalue weighted by atomic mass is 10.2. The summed E-state index contributed by atoms with van der Waals surface area (Å²) in [7, 11) is -3.76. The summed E-state index contributed by atoms with van der Waals surface area (Å²) in [4.78, 5) is 14.5. The Morgan fingerprint density at radius 3 is 2.69 bits per heavy atom. The monoisotopic (exact) mass is 372 g/mol. The molecule has 26 heavy (non-hydrogen) atoms. The van der Waals surface area contributed by atoms with Crippen molar-refractivity contribution < 1.29 is 17.9 Å². The Morgan fingerprint density at radius 1 is 1.15 bits per heavy atom. The number of amides is 1. The average Bonchev–Trinajstić information content (AvgIpc) is 3.22. The first-order valence-electron chi connectivity index (χ1n) is 8.60. The van der Waals surface area contributed by atoms with Gasteiger partial charge < -0.3 is 9.64 Å². The first kappa shape index (κ1) is 17.1. The summed E-state index contributed by atoms with van der Waals surface area (Å²) in [5.74, 6) is 0.508. The molecule has 0 spiro atoms. The second kappa shape index (κ2) is 6.41. The third-order valence-corrected chi connectivity index (χ3v) is 6.29. The number of benzene rings is 2. The van der Waals surface area contributed by atoms with Crippen LogP contribution in [-0.4, -0.2) is 33.5 Å². The van der Waals surface area contributed by atoms with Gasteiger partial charge in [-0.2, -0.15) is 4.72 Å². The lowest BCUT2D eigenvalue weighted by Gasteiger charge is -2.17. The van der Waals surface area contributed by atoms with Crippen molar-refractivity contribution in [2.45, 2.75) is 30.7 Å². The topological polar surface area (TPSA) is 75.7 Å². The summed E-state index contributed by atoms with van der Waals surface area (Å²) >= 11 is 0. The first-order chi connectivity index (χ1) is 12.4. The van der Waals surface area contributed by atoms with Crippen LogP contribution in [0.3, 0.4) is 0 Å². The van der Waals surface area contributed by atoms with E-state index in [9.17, 15) is 13.2 Å². The smallest absolute Gasteiger partial charge is 0.245 e. The van der Waals surface area contributed by atoms with E-state index in [1.807, 2.05) is 31.2 Å². The van der Waals surface area contributed by atoms with E-state index in [0.717, 1.165) is 22.6 Å². The van der Waals surface area contributed by atoms with Crippen molar-refractivity contribution in [3.05, 3.63) is 53.6 Å². The fourth-order valence-electron chi connectivity index (χ4n) is 3.36. The molecule has 2 aliphatic heterocycles. The zero-order chi connectivity index (χ0) is 18.3. The Hall–Kier alpha value is -2.38. The van der Waals surface area contributed by atoms with Crippen molar-refractivity contribution in [3.8, 4) is 5.75 Å². The minimum atomic E-state index is -3.76. The number of anilines is 1. The summed E-state index contributed by atoms with van der Waals surface area (Å²) in [5, 5.41) is 0. The van der Waals surface area contributed by atoms with Crippen LogP contribution in [0.1, 0.15) is 17.5 Å². The molecule has 2 aromatic rings. The van der Waals surface area contributed by atoms with Gasteiger partial charge in [-0.25, -0.2) is 8.42 Å². The van der Waals surface area contributed by atoms with Gasteiger partial charge in [0.05, 0.1) is 11.5 Å². The number of hydrogen-bond donors (Lipinski definition) is 1. The highest BCUT2D eigenvalue weighted by atomic mass is 32.2. The number of rotatable bonds is 4. The molecule has 0 saturated carbocycles. The summed E-state index contributed by atoms with van der Waals surface area (Å²) in [5.41, 5.74) is 2.78. The summed E-state index contributed by atoms with van der Waals surface area (Å²) in [6, 6.07) is 11.7. The molecule has 1 N–H and O–H groups in total. The van der Waals surface area contributed by atoms with Gasteiger partial charge >= 0.3 is 0 Å². The summed E-state index contributed by atoms with van der Waals surface area (Å²) in [6.45, 7) is 3.04. The van der Waals surface area contributed by atoms with Crippen LogP contribution < -0.4 is 14.4 Å². The van der Waals surface area contributed by atoms with Gasteiger partial charge in [-0.1, -0.05) is 17.7 Å². The lowest BCUT2D eigenvalue weighted by Crippen LogP contribution is -2.41. The number of aryl methyl sites for hydroxylation is 1. The maximum atomic E-state index is 12.7. The van der Waals surface area contributed by atoms with Gasteiger partial charge in [0, 0.05) is 18.7 Å². The van der Waals surface area contributed by atoms with Crippen LogP contribution >= 0.6 is 0 Å². The van der Waals surface area contributed by atoms with Crippen molar-refractivity contribution in [1.82, 2.24) is 4.72 Å². The molecule has 7 heteroatoms. The van der Waals surface area contributed by atoms with Crippen molar-refractivity contribution in [3.63, 3.8) is 0 Å². The van der Waals surface area contributed by atoms with Gasteiger partial charge in [0.2, 0.25) is 15.9 Å². The average molecular weight is 372 g/mol. The van der Waals surface area contributed by atoms with E-state index in [4.69, 9.17) is 4.74 Å². The molecule has 0 radical (unpaired) electrons. The Bertz CT molecular complexity index is 954. The Kier molecular flexibility index (Phi) is 4.20. The van der Waals surface area contributed by atoms with E-state index >= 15 is 0 Å². The maximum Gasteiger partial charge on any atom is 0.245 e. The maximum absolute atomic E-state index is 12.7. The molecule has 1 saturated heterocycles. The van der Waals surface area contributed by atoms with E-state index in [0.29, 0.717) is 26.0 Å². The Labute approximate surface area is 152 Å². The molecule has 136 valence electrons.